The second kappa shape index (κ2) is 5.22. The van der Waals surface area contributed by atoms with Crippen molar-refractivity contribution in [2.75, 3.05) is 20.2 Å². The molecule has 0 spiro atoms. The molecule has 1 aromatic carbocycles. The summed E-state index contributed by atoms with van der Waals surface area (Å²) in [6, 6.07) is 1.79. The Kier molecular flexibility index (Phi) is 3.74. The summed E-state index contributed by atoms with van der Waals surface area (Å²) >= 11 is 0. The van der Waals surface area contributed by atoms with Crippen molar-refractivity contribution in [3.05, 3.63) is 22.8 Å². The normalized spacial score (nSPS) is 28.3. The third-order valence-corrected chi connectivity index (χ3v) is 7.41. The number of sulfonamides is 1. The van der Waals surface area contributed by atoms with Gasteiger partial charge in [-0.25, -0.2) is 8.42 Å². The Bertz CT molecular complexity index is 713. The van der Waals surface area contributed by atoms with Crippen LogP contribution in [0, 0.1) is 32.6 Å². The maximum Gasteiger partial charge on any atom is 0.243 e. The lowest BCUT2D eigenvalue weighted by atomic mass is 9.74. The fourth-order valence-electron chi connectivity index (χ4n) is 3.79. The topological polar surface area (TPSA) is 66.8 Å². The lowest BCUT2D eigenvalue weighted by Gasteiger charge is -2.34. The van der Waals surface area contributed by atoms with Gasteiger partial charge in [-0.3, -0.25) is 0 Å². The van der Waals surface area contributed by atoms with Gasteiger partial charge in [-0.15, -0.1) is 0 Å². The quantitative estimate of drug-likeness (QED) is 0.917. The third-order valence-electron chi connectivity index (χ3n) is 5.29. The molecule has 0 radical (unpaired) electrons. The highest BCUT2D eigenvalue weighted by Crippen LogP contribution is 2.43. The van der Waals surface area contributed by atoms with E-state index in [1.54, 1.807) is 24.4 Å². The summed E-state index contributed by atoms with van der Waals surface area (Å²) < 4.78 is 33.0. The molecule has 3 unspecified atom stereocenters. The first kappa shape index (κ1) is 15.8. The van der Waals surface area contributed by atoms with Crippen LogP contribution >= 0.6 is 0 Å². The Balaban J connectivity index is 2.02. The Morgan fingerprint density at radius 1 is 1.23 bits per heavy atom. The molecule has 1 aliphatic carbocycles. The maximum absolute atomic E-state index is 13.1. The van der Waals surface area contributed by atoms with Crippen LogP contribution in [0.25, 0.3) is 0 Å². The lowest BCUT2D eigenvalue weighted by Crippen LogP contribution is -2.39. The van der Waals surface area contributed by atoms with Crippen molar-refractivity contribution in [1.29, 1.82) is 0 Å². The number of aliphatic hydroxyl groups excluding tert-OH is 1. The number of hydrogen-bond acceptors (Lipinski definition) is 4. The van der Waals surface area contributed by atoms with Gasteiger partial charge in [0.25, 0.3) is 0 Å². The molecule has 2 aliphatic rings. The van der Waals surface area contributed by atoms with Crippen LogP contribution in [0.15, 0.2) is 11.0 Å². The molecule has 0 bridgehead atoms. The van der Waals surface area contributed by atoms with Crippen molar-refractivity contribution in [3.8, 4) is 5.75 Å². The zero-order valence-electron chi connectivity index (χ0n) is 13.5. The molecule has 22 heavy (non-hydrogen) atoms. The molecule has 3 rings (SSSR count). The fraction of sp³-hybridized carbons (Fsp3) is 0.625. The summed E-state index contributed by atoms with van der Waals surface area (Å²) in [6.45, 7) is 6.47. The van der Waals surface area contributed by atoms with Gasteiger partial charge in [0, 0.05) is 19.0 Å². The van der Waals surface area contributed by atoms with E-state index in [1.165, 1.54) is 0 Å². The van der Waals surface area contributed by atoms with E-state index in [-0.39, 0.29) is 12.0 Å². The SMILES string of the molecule is COc1cc(C)c(S(=O)(=O)N2CC3CC(O)C3C2)c(C)c1C. The van der Waals surface area contributed by atoms with Gasteiger partial charge >= 0.3 is 0 Å². The minimum Gasteiger partial charge on any atom is -0.496 e. The molecule has 2 fully saturated rings. The predicted octanol–water partition coefficient (Wildman–Crippen LogP) is 1.62. The summed E-state index contributed by atoms with van der Waals surface area (Å²) in [5.74, 6) is 1.13. The molecule has 1 saturated carbocycles. The van der Waals surface area contributed by atoms with E-state index in [0.29, 0.717) is 35.2 Å². The molecule has 1 heterocycles. The van der Waals surface area contributed by atoms with Crippen LogP contribution in [0.5, 0.6) is 5.75 Å². The average molecular weight is 325 g/mol. The lowest BCUT2D eigenvalue weighted by molar-refractivity contribution is -0.00416. The fourth-order valence-corrected chi connectivity index (χ4v) is 5.81. The summed E-state index contributed by atoms with van der Waals surface area (Å²) in [7, 11) is -1.94. The average Bonchev–Trinajstić information content (AvgIpc) is 2.80. The first-order valence-electron chi connectivity index (χ1n) is 7.60. The second-order valence-electron chi connectivity index (χ2n) is 6.52. The molecule has 1 aromatic rings. The molecule has 0 aromatic heterocycles. The molecule has 1 saturated heterocycles. The number of rotatable bonds is 3. The molecule has 5 nitrogen and oxygen atoms in total. The molecular formula is C16H23NO4S. The Hall–Kier alpha value is -1.11. The van der Waals surface area contributed by atoms with Gasteiger partial charge in [0.2, 0.25) is 10.0 Å². The molecular weight excluding hydrogens is 302 g/mol. The monoisotopic (exact) mass is 325 g/mol. The summed E-state index contributed by atoms with van der Waals surface area (Å²) in [6.07, 6.45) is 0.376. The number of methoxy groups -OCH3 is 1. The van der Waals surface area contributed by atoms with Crippen LogP contribution < -0.4 is 4.74 Å². The van der Waals surface area contributed by atoms with Crippen molar-refractivity contribution in [2.24, 2.45) is 11.8 Å². The van der Waals surface area contributed by atoms with Crippen molar-refractivity contribution in [3.63, 3.8) is 0 Å². The second-order valence-corrected chi connectivity index (χ2v) is 8.40. The van der Waals surface area contributed by atoms with Gasteiger partial charge in [0.15, 0.2) is 0 Å². The number of aliphatic hydroxyl groups is 1. The highest BCUT2D eigenvalue weighted by molar-refractivity contribution is 7.89. The van der Waals surface area contributed by atoms with Crippen molar-refractivity contribution in [1.82, 2.24) is 4.31 Å². The highest BCUT2D eigenvalue weighted by Gasteiger charge is 2.49. The van der Waals surface area contributed by atoms with Crippen LogP contribution in [-0.2, 0) is 10.0 Å². The Morgan fingerprint density at radius 2 is 1.91 bits per heavy atom. The van der Waals surface area contributed by atoms with Crippen molar-refractivity contribution >= 4 is 10.0 Å². The Morgan fingerprint density at radius 3 is 2.45 bits per heavy atom. The molecule has 122 valence electrons. The standard InChI is InChI=1S/C16H23NO4S/c1-9-5-15(21-4)10(2)11(3)16(9)22(19,20)17-7-12-6-14(18)13(12)8-17/h5,12-14,18H,6-8H2,1-4H3. The first-order chi connectivity index (χ1) is 10.3. The third kappa shape index (κ3) is 2.16. The zero-order chi connectivity index (χ0) is 16.2. The number of ether oxygens (including phenoxy) is 1. The van der Waals surface area contributed by atoms with Crippen molar-refractivity contribution in [2.45, 2.75) is 38.2 Å². The number of hydrogen-bond donors (Lipinski definition) is 1. The molecule has 6 heteroatoms. The minimum absolute atomic E-state index is 0.106. The largest absolute Gasteiger partial charge is 0.496 e. The number of aryl methyl sites for hydroxylation is 1. The first-order valence-corrected chi connectivity index (χ1v) is 9.04. The van der Waals surface area contributed by atoms with Gasteiger partial charge < -0.3 is 9.84 Å². The van der Waals surface area contributed by atoms with Crippen LogP contribution in [-0.4, -0.2) is 44.1 Å². The summed E-state index contributed by atoms with van der Waals surface area (Å²) in [5, 5.41) is 9.76. The molecule has 3 atom stereocenters. The maximum atomic E-state index is 13.1. The van der Waals surface area contributed by atoms with Crippen LogP contribution in [0.2, 0.25) is 0 Å². The summed E-state index contributed by atoms with van der Waals surface area (Å²) in [5.41, 5.74) is 2.31. The minimum atomic E-state index is -3.53. The van der Waals surface area contributed by atoms with Crippen molar-refractivity contribution < 1.29 is 18.3 Å². The van der Waals surface area contributed by atoms with Crippen LogP contribution in [0.3, 0.4) is 0 Å². The van der Waals surface area contributed by atoms with Crippen LogP contribution in [0.4, 0.5) is 0 Å². The summed E-state index contributed by atoms with van der Waals surface area (Å²) in [4.78, 5) is 0.390. The van der Waals surface area contributed by atoms with Gasteiger partial charge in [0.1, 0.15) is 5.75 Å². The van der Waals surface area contributed by atoms with E-state index in [4.69, 9.17) is 4.74 Å². The van der Waals surface area contributed by atoms with E-state index in [9.17, 15) is 13.5 Å². The molecule has 0 amide bonds. The van der Waals surface area contributed by atoms with E-state index >= 15 is 0 Å². The van der Waals surface area contributed by atoms with Gasteiger partial charge in [-0.1, -0.05) is 0 Å². The number of fused-ring (bicyclic) bond motifs is 1. The molecule has 1 N–H and O–H groups in total. The highest BCUT2D eigenvalue weighted by atomic mass is 32.2. The predicted molar refractivity (Wildman–Crippen MR) is 83.6 cm³/mol. The van der Waals surface area contributed by atoms with Crippen LogP contribution in [0.1, 0.15) is 23.1 Å². The smallest absolute Gasteiger partial charge is 0.243 e. The Labute approximate surface area is 131 Å². The molecule has 1 aliphatic heterocycles. The van der Waals surface area contributed by atoms with E-state index in [0.717, 1.165) is 17.5 Å². The van der Waals surface area contributed by atoms with Gasteiger partial charge in [-0.2, -0.15) is 4.31 Å². The zero-order valence-corrected chi connectivity index (χ0v) is 14.3. The van der Waals surface area contributed by atoms with E-state index in [1.807, 2.05) is 13.8 Å². The van der Waals surface area contributed by atoms with E-state index in [2.05, 4.69) is 0 Å². The van der Waals surface area contributed by atoms with Gasteiger partial charge in [0.05, 0.1) is 18.1 Å². The van der Waals surface area contributed by atoms with E-state index < -0.39 is 10.0 Å². The number of nitrogens with zero attached hydrogens (tertiary/aromatic N) is 1. The van der Waals surface area contributed by atoms with Gasteiger partial charge in [-0.05, 0) is 55.9 Å². The number of benzene rings is 1.